The lowest BCUT2D eigenvalue weighted by Gasteiger charge is -2.23. The lowest BCUT2D eigenvalue weighted by atomic mass is 10.1. The Morgan fingerprint density at radius 1 is 1.45 bits per heavy atom. The summed E-state index contributed by atoms with van der Waals surface area (Å²) >= 11 is 0. The van der Waals surface area contributed by atoms with Crippen molar-refractivity contribution < 1.29 is 9.53 Å². The van der Waals surface area contributed by atoms with Crippen LogP contribution in [0.1, 0.15) is 41.0 Å². The van der Waals surface area contributed by atoms with E-state index in [-0.39, 0.29) is 11.4 Å². The Hall–Kier alpha value is -1.85. The first-order valence-electron chi connectivity index (χ1n) is 6.86. The van der Waals surface area contributed by atoms with Gasteiger partial charge in [0.05, 0.1) is 6.61 Å². The molecule has 1 aromatic heterocycles. The summed E-state index contributed by atoms with van der Waals surface area (Å²) in [6.07, 6.45) is 2.52. The zero-order chi connectivity index (χ0) is 15.2. The van der Waals surface area contributed by atoms with Crippen LogP contribution in [0.15, 0.2) is 12.3 Å². The van der Waals surface area contributed by atoms with Gasteiger partial charge in [-0.25, -0.2) is 4.98 Å². The summed E-state index contributed by atoms with van der Waals surface area (Å²) in [5.41, 5.74) is -0.264. The molecule has 0 saturated carbocycles. The number of nitrogens with one attached hydrogen (secondary N) is 2. The fraction of sp³-hybridized carbons (Fsp3) is 0.643. The Bertz CT molecular complexity index is 443. The molecule has 1 unspecified atom stereocenters. The van der Waals surface area contributed by atoms with Crippen LogP contribution in [0.5, 0.6) is 5.88 Å². The van der Waals surface area contributed by atoms with Gasteiger partial charge in [0.15, 0.2) is 0 Å². The number of hydrogen-bond donors (Lipinski definition) is 2. The highest BCUT2D eigenvalue weighted by molar-refractivity contribution is 5.84. The minimum Gasteiger partial charge on any atom is -0.478 e. The molecular weight excluding hydrogens is 256 g/mol. The smallest absolute Gasteiger partial charge is 0.242 e. The Balaban J connectivity index is 2.61. The number of carbonyl (C=O) groups excluding carboxylic acids is 1. The lowest BCUT2D eigenvalue weighted by Crippen LogP contribution is -2.47. The van der Waals surface area contributed by atoms with Crippen molar-refractivity contribution in [1.82, 2.24) is 15.3 Å². The quantitative estimate of drug-likeness (QED) is 0.833. The number of aromatic nitrogens is 2. The molecule has 0 aromatic carbocycles. The van der Waals surface area contributed by atoms with Gasteiger partial charge in [0, 0.05) is 17.8 Å². The van der Waals surface area contributed by atoms with Crippen molar-refractivity contribution in [2.24, 2.45) is 0 Å². The van der Waals surface area contributed by atoms with E-state index >= 15 is 0 Å². The molecule has 1 atom stereocenters. The van der Waals surface area contributed by atoms with E-state index < -0.39 is 6.04 Å². The molecular formula is C14H24N4O2. The number of amides is 1. The van der Waals surface area contributed by atoms with Crippen LogP contribution in [0.4, 0.5) is 5.95 Å². The molecule has 0 aliphatic rings. The summed E-state index contributed by atoms with van der Waals surface area (Å²) in [6.45, 7) is 10.2. The highest BCUT2D eigenvalue weighted by atomic mass is 16.5. The summed E-state index contributed by atoms with van der Waals surface area (Å²) < 4.78 is 5.43. The van der Waals surface area contributed by atoms with Gasteiger partial charge in [-0.1, -0.05) is 6.92 Å². The summed E-state index contributed by atoms with van der Waals surface area (Å²) in [4.78, 5) is 20.2. The minimum atomic E-state index is -0.421. The molecule has 1 amide bonds. The van der Waals surface area contributed by atoms with E-state index in [4.69, 9.17) is 4.74 Å². The van der Waals surface area contributed by atoms with Gasteiger partial charge >= 0.3 is 0 Å². The van der Waals surface area contributed by atoms with Crippen LogP contribution in [-0.2, 0) is 4.79 Å². The molecule has 0 saturated heterocycles. The van der Waals surface area contributed by atoms with Crippen LogP contribution in [0.2, 0.25) is 0 Å². The van der Waals surface area contributed by atoms with Gasteiger partial charge in [0.1, 0.15) is 6.04 Å². The standard InChI is InChI=1S/C14H24N4O2/c1-6-9-20-11-7-8-15-13(17-11)16-10(2)12(19)18-14(3,4)5/h7-8,10H,6,9H2,1-5H3,(H,18,19)(H,15,16,17). The predicted molar refractivity (Wildman–Crippen MR) is 78.8 cm³/mol. The van der Waals surface area contributed by atoms with Gasteiger partial charge < -0.3 is 15.4 Å². The average molecular weight is 280 g/mol. The summed E-state index contributed by atoms with van der Waals surface area (Å²) in [6, 6.07) is 1.27. The van der Waals surface area contributed by atoms with Crippen LogP contribution < -0.4 is 15.4 Å². The first kappa shape index (κ1) is 16.2. The molecule has 6 nitrogen and oxygen atoms in total. The number of ether oxygens (including phenoxy) is 1. The fourth-order valence-corrected chi connectivity index (χ4v) is 1.44. The van der Waals surface area contributed by atoms with Crippen molar-refractivity contribution in [2.75, 3.05) is 11.9 Å². The van der Waals surface area contributed by atoms with Gasteiger partial charge in [-0.15, -0.1) is 0 Å². The number of rotatable bonds is 6. The zero-order valence-electron chi connectivity index (χ0n) is 12.9. The highest BCUT2D eigenvalue weighted by Gasteiger charge is 2.19. The largest absolute Gasteiger partial charge is 0.478 e. The van der Waals surface area contributed by atoms with Crippen LogP contribution in [-0.4, -0.2) is 34.1 Å². The molecule has 20 heavy (non-hydrogen) atoms. The van der Waals surface area contributed by atoms with E-state index in [0.717, 1.165) is 6.42 Å². The Morgan fingerprint density at radius 3 is 2.75 bits per heavy atom. The predicted octanol–water partition coefficient (Wildman–Crippen LogP) is 1.98. The molecule has 0 radical (unpaired) electrons. The maximum absolute atomic E-state index is 12.0. The zero-order valence-corrected chi connectivity index (χ0v) is 12.9. The van der Waals surface area contributed by atoms with E-state index in [1.54, 1.807) is 19.2 Å². The minimum absolute atomic E-state index is 0.0963. The highest BCUT2D eigenvalue weighted by Crippen LogP contribution is 2.10. The Labute approximate surface area is 120 Å². The van der Waals surface area contributed by atoms with Crippen molar-refractivity contribution >= 4 is 11.9 Å². The first-order chi connectivity index (χ1) is 9.31. The average Bonchev–Trinajstić information content (AvgIpc) is 2.34. The van der Waals surface area contributed by atoms with Crippen LogP contribution >= 0.6 is 0 Å². The summed E-state index contributed by atoms with van der Waals surface area (Å²) in [5, 5.41) is 5.87. The monoisotopic (exact) mass is 280 g/mol. The van der Waals surface area contributed by atoms with E-state index in [2.05, 4.69) is 20.6 Å². The van der Waals surface area contributed by atoms with Crippen molar-refractivity contribution in [3.63, 3.8) is 0 Å². The number of carbonyl (C=O) groups is 1. The molecule has 2 N–H and O–H groups in total. The van der Waals surface area contributed by atoms with Crippen LogP contribution in [0, 0.1) is 0 Å². The van der Waals surface area contributed by atoms with Gasteiger partial charge in [-0.2, -0.15) is 4.98 Å². The third-order valence-electron chi connectivity index (χ3n) is 2.32. The second kappa shape index (κ2) is 7.07. The van der Waals surface area contributed by atoms with Crippen LogP contribution in [0.25, 0.3) is 0 Å². The molecule has 0 fully saturated rings. The Morgan fingerprint density at radius 2 is 2.15 bits per heavy atom. The topological polar surface area (TPSA) is 76.1 Å². The van der Waals surface area contributed by atoms with Crippen molar-refractivity contribution in [1.29, 1.82) is 0 Å². The molecule has 0 spiro atoms. The molecule has 1 rings (SSSR count). The van der Waals surface area contributed by atoms with E-state index in [1.165, 1.54) is 0 Å². The molecule has 112 valence electrons. The summed E-state index contributed by atoms with van der Waals surface area (Å²) in [7, 11) is 0. The fourth-order valence-electron chi connectivity index (χ4n) is 1.44. The summed E-state index contributed by atoms with van der Waals surface area (Å²) in [5.74, 6) is 0.795. The third-order valence-corrected chi connectivity index (χ3v) is 2.32. The molecule has 1 aromatic rings. The van der Waals surface area contributed by atoms with E-state index in [1.807, 2.05) is 27.7 Å². The van der Waals surface area contributed by atoms with Gasteiger partial charge in [0.25, 0.3) is 0 Å². The number of hydrogen-bond acceptors (Lipinski definition) is 5. The first-order valence-corrected chi connectivity index (χ1v) is 6.86. The Kier molecular flexibility index (Phi) is 5.73. The van der Waals surface area contributed by atoms with E-state index in [0.29, 0.717) is 18.4 Å². The normalized spacial score (nSPS) is 12.7. The molecule has 0 aliphatic heterocycles. The molecule has 1 heterocycles. The second-order valence-corrected chi connectivity index (χ2v) is 5.67. The van der Waals surface area contributed by atoms with Gasteiger partial charge in [-0.05, 0) is 34.1 Å². The number of nitrogens with zero attached hydrogens (tertiary/aromatic N) is 2. The maximum Gasteiger partial charge on any atom is 0.242 e. The lowest BCUT2D eigenvalue weighted by molar-refractivity contribution is -0.122. The number of anilines is 1. The second-order valence-electron chi connectivity index (χ2n) is 5.67. The van der Waals surface area contributed by atoms with Gasteiger partial charge in [-0.3, -0.25) is 4.79 Å². The molecule has 6 heteroatoms. The van der Waals surface area contributed by atoms with Crippen molar-refractivity contribution in [3.8, 4) is 5.88 Å². The van der Waals surface area contributed by atoms with Crippen molar-refractivity contribution in [3.05, 3.63) is 12.3 Å². The molecule has 0 bridgehead atoms. The third kappa shape index (κ3) is 5.86. The maximum atomic E-state index is 12.0. The molecule has 0 aliphatic carbocycles. The van der Waals surface area contributed by atoms with E-state index in [9.17, 15) is 4.79 Å². The van der Waals surface area contributed by atoms with Crippen molar-refractivity contribution in [2.45, 2.75) is 52.6 Å². The van der Waals surface area contributed by atoms with Gasteiger partial charge in [0.2, 0.25) is 17.7 Å². The SMILES string of the molecule is CCCOc1ccnc(NC(C)C(=O)NC(C)(C)C)n1. The van der Waals surface area contributed by atoms with Crippen LogP contribution in [0.3, 0.4) is 0 Å².